The van der Waals surface area contributed by atoms with Crippen LogP contribution in [0, 0.1) is 5.82 Å². The van der Waals surface area contributed by atoms with Gasteiger partial charge in [0.25, 0.3) is 0 Å². The van der Waals surface area contributed by atoms with Crippen molar-refractivity contribution in [2.75, 3.05) is 5.73 Å². The van der Waals surface area contributed by atoms with Crippen LogP contribution in [0.15, 0.2) is 56.7 Å². The zero-order valence-corrected chi connectivity index (χ0v) is 11.5. The molecule has 6 heteroatoms. The van der Waals surface area contributed by atoms with Gasteiger partial charge in [-0.05, 0) is 58.4 Å². The maximum atomic E-state index is 12.8. The van der Waals surface area contributed by atoms with E-state index >= 15 is 0 Å². The van der Waals surface area contributed by atoms with Gasteiger partial charge in [0, 0.05) is 10.2 Å². The number of hydrogen-bond acceptors (Lipinski definition) is 3. The molecule has 0 heterocycles. The van der Waals surface area contributed by atoms with Crippen molar-refractivity contribution in [2.45, 2.75) is 9.79 Å². The number of rotatable bonds is 2. The molecule has 2 rings (SSSR count). The van der Waals surface area contributed by atoms with Crippen LogP contribution in [0.25, 0.3) is 0 Å². The maximum absolute atomic E-state index is 12.8. The molecule has 94 valence electrons. The Morgan fingerprint density at radius 3 is 2.22 bits per heavy atom. The number of hydrogen-bond donors (Lipinski definition) is 1. The summed E-state index contributed by atoms with van der Waals surface area (Å²) < 4.78 is 37.7. The monoisotopic (exact) mass is 329 g/mol. The van der Waals surface area contributed by atoms with E-state index in [4.69, 9.17) is 5.73 Å². The minimum atomic E-state index is -3.67. The van der Waals surface area contributed by atoms with Crippen LogP contribution in [0.2, 0.25) is 0 Å². The standard InChI is InChI=1S/C12H9BrFNO2S/c13-11-7-9(15)3-6-12(11)18(16,17)10-4-1-8(14)2-5-10/h1-7H,15H2. The fraction of sp³-hybridized carbons (Fsp3) is 0. The molecule has 0 bridgehead atoms. The van der Waals surface area contributed by atoms with Crippen LogP contribution in [0.4, 0.5) is 10.1 Å². The van der Waals surface area contributed by atoms with Crippen LogP contribution in [0.3, 0.4) is 0 Å². The molecule has 0 aromatic heterocycles. The van der Waals surface area contributed by atoms with E-state index in [1.165, 1.54) is 30.3 Å². The van der Waals surface area contributed by atoms with Crippen molar-refractivity contribution in [1.29, 1.82) is 0 Å². The third-order valence-electron chi connectivity index (χ3n) is 2.37. The molecule has 0 atom stereocenters. The summed E-state index contributed by atoms with van der Waals surface area (Å²) in [5.74, 6) is -0.481. The molecular weight excluding hydrogens is 321 g/mol. The van der Waals surface area contributed by atoms with Crippen molar-refractivity contribution in [3.63, 3.8) is 0 Å². The lowest BCUT2D eigenvalue weighted by Gasteiger charge is -2.07. The van der Waals surface area contributed by atoms with E-state index in [-0.39, 0.29) is 9.79 Å². The van der Waals surface area contributed by atoms with Crippen LogP contribution >= 0.6 is 15.9 Å². The molecule has 0 aliphatic rings. The molecule has 0 amide bonds. The normalized spacial score (nSPS) is 11.4. The third-order valence-corrected chi connectivity index (χ3v) is 5.12. The lowest BCUT2D eigenvalue weighted by molar-refractivity contribution is 0.594. The summed E-state index contributed by atoms with van der Waals surface area (Å²) in [5, 5.41) is 0. The Kier molecular flexibility index (Phi) is 3.41. The Hall–Kier alpha value is -1.40. The Morgan fingerprint density at radius 2 is 1.67 bits per heavy atom. The number of nitrogen functional groups attached to an aromatic ring is 1. The maximum Gasteiger partial charge on any atom is 0.207 e. The first-order chi connectivity index (χ1) is 8.41. The topological polar surface area (TPSA) is 60.2 Å². The van der Waals surface area contributed by atoms with Gasteiger partial charge in [-0.25, -0.2) is 12.8 Å². The highest BCUT2D eigenvalue weighted by Crippen LogP contribution is 2.29. The van der Waals surface area contributed by atoms with Crippen molar-refractivity contribution in [1.82, 2.24) is 0 Å². The van der Waals surface area contributed by atoms with Gasteiger partial charge in [0.15, 0.2) is 0 Å². The summed E-state index contributed by atoms with van der Waals surface area (Å²) in [4.78, 5) is 0.137. The largest absolute Gasteiger partial charge is 0.399 e. The van der Waals surface area contributed by atoms with Gasteiger partial charge >= 0.3 is 0 Å². The predicted molar refractivity (Wildman–Crippen MR) is 70.4 cm³/mol. The fourth-order valence-corrected chi connectivity index (χ4v) is 3.82. The lowest BCUT2D eigenvalue weighted by Crippen LogP contribution is -2.03. The van der Waals surface area contributed by atoms with Crippen LogP contribution in [0.5, 0.6) is 0 Å². The molecule has 0 unspecified atom stereocenters. The Balaban J connectivity index is 2.58. The van der Waals surface area contributed by atoms with Crippen molar-refractivity contribution >= 4 is 31.5 Å². The molecular formula is C12H9BrFNO2S. The van der Waals surface area contributed by atoms with Crippen LogP contribution in [0.1, 0.15) is 0 Å². The quantitative estimate of drug-likeness (QED) is 0.680. The third kappa shape index (κ3) is 2.39. The molecule has 0 spiro atoms. The van der Waals surface area contributed by atoms with E-state index in [0.717, 1.165) is 12.1 Å². The molecule has 0 radical (unpaired) electrons. The molecule has 18 heavy (non-hydrogen) atoms. The molecule has 2 aromatic carbocycles. The first kappa shape index (κ1) is 13.0. The molecule has 0 saturated carbocycles. The summed E-state index contributed by atoms with van der Waals surface area (Å²) in [5.41, 5.74) is 6.01. The Labute approximate surface area is 112 Å². The second-order valence-corrected chi connectivity index (χ2v) is 6.42. The number of benzene rings is 2. The van der Waals surface area contributed by atoms with Gasteiger partial charge in [-0.3, -0.25) is 0 Å². The zero-order chi connectivity index (χ0) is 13.3. The van der Waals surface area contributed by atoms with Crippen LogP contribution in [-0.4, -0.2) is 8.42 Å². The van der Waals surface area contributed by atoms with Crippen molar-refractivity contribution < 1.29 is 12.8 Å². The van der Waals surface area contributed by atoms with E-state index < -0.39 is 15.7 Å². The van der Waals surface area contributed by atoms with Crippen molar-refractivity contribution in [3.8, 4) is 0 Å². The first-order valence-electron chi connectivity index (χ1n) is 4.97. The highest BCUT2D eigenvalue weighted by molar-refractivity contribution is 9.10. The average molecular weight is 330 g/mol. The number of anilines is 1. The molecule has 0 fully saturated rings. The van der Waals surface area contributed by atoms with E-state index in [1.807, 2.05) is 0 Å². The highest BCUT2D eigenvalue weighted by atomic mass is 79.9. The Bertz CT molecular complexity index is 684. The second-order valence-electron chi connectivity index (χ2n) is 3.65. The lowest BCUT2D eigenvalue weighted by atomic mass is 10.3. The van der Waals surface area contributed by atoms with Gasteiger partial charge in [0.1, 0.15) is 5.82 Å². The summed E-state index contributed by atoms with van der Waals surface area (Å²) in [7, 11) is -3.67. The molecule has 0 aliphatic carbocycles. The first-order valence-corrected chi connectivity index (χ1v) is 7.24. The van der Waals surface area contributed by atoms with Gasteiger partial charge in [-0.15, -0.1) is 0 Å². The summed E-state index contributed by atoms with van der Waals surface area (Å²) >= 11 is 3.16. The summed E-state index contributed by atoms with van der Waals surface area (Å²) in [6.45, 7) is 0. The van der Waals surface area contributed by atoms with Crippen LogP contribution < -0.4 is 5.73 Å². The van der Waals surface area contributed by atoms with Gasteiger partial charge in [-0.2, -0.15) is 0 Å². The minimum absolute atomic E-state index is 0.0365. The Morgan fingerprint density at radius 1 is 1.06 bits per heavy atom. The van der Waals surface area contributed by atoms with E-state index in [1.54, 1.807) is 0 Å². The smallest absolute Gasteiger partial charge is 0.207 e. The fourth-order valence-electron chi connectivity index (χ4n) is 1.48. The molecule has 2 aromatic rings. The van der Waals surface area contributed by atoms with Gasteiger partial charge in [0.2, 0.25) is 9.84 Å². The summed E-state index contributed by atoms with van der Waals surface area (Å²) in [6, 6.07) is 9.10. The molecule has 0 saturated heterocycles. The van der Waals surface area contributed by atoms with E-state index in [9.17, 15) is 12.8 Å². The predicted octanol–water partition coefficient (Wildman–Crippen LogP) is 3.00. The van der Waals surface area contributed by atoms with Gasteiger partial charge < -0.3 is 5.73 Å². The minimum Gasteiger partial charge on any atom is -0.399 e. The highest BCUT2D eigenvalue weighted by Gasteiger charge is 2.20. The van der Waals surface area contributed by atoms with Crippen molar-refractivity contribution in [3.05, 3.63) is 52.8 Å². The average Bonchev–Trinajstić information content (AvgIpc) is 2.29. The van der Waals surface area contributed by atoms with Crippen LogP contribution in [-0.2, 0) is 9.84 Å². The SMILES string of the molecule is Nc1ccc(S(=O)(=O)c2ccc(F)cc2)c(Br)c1. The number of nitrogens with two attached hydrogens (primary N) is 1. The number of sulfone groups is 1. The molecule has 0 aliphatic heterocycles. The van der Waals surface area contributed by atoms with Crippen molar-refractivity contribution in [2.24, 2.45) is 0 Å². The van der Waals surface area contributed by atoms with E-state index in [0.29, 0.717) is 10.2 Å². The molecule has 3 nitrogen and oxygen atoms in total. The summed E-state index contributed by atoms with van der Waals surface area (Å²) in [6.07, 6.45) is 0. The van der Waals surface area contributed by atoms with Gasteiger partial charge in [0.05, 0.1) is 9.79 Å². The molecule has 2 N–H and O–H groups in total. The van der Waals surface area contributed by atoms with Gasteiger partial charge in [-0.1, -0.05) is 0 Å². The number of halogens is 2. The zero-order valence-electron chi connectivity index (χ0n) is 9.10. The van der Waals surface area contributed by atoms with E-state index in [2.05, 4.69) is 15.9 Å². The second kappa shape index (κ2) is 4.70.